The van der Waals surface area contributed by atoms with E-state index in [9.17, 15) is 8.42 Å². The fourth-order valence-corrected chi connectivity index (χ4v) is 5.28. The molecule has 0 saturated carbocycles. The average molecular weight is 418 g/mol. The fraction of sp³-hybridized carbons (Fsp3) is 0.538. The van der Waals surface area contributed by atoms with Gasteiger partial charge in [-0.3, -0.25) is 0 Å². The molecule has 0 atom stereocenters. The topological polar surface area (TPSA) is 49.4 Å². The molecule has 1 heterocycles. The van der Waals surface area contributed by atoms with Crippen molar-refractivity contribution in [3.05, 3.63) is 27.7 Å². The Morgan fingerprint density at radius 1 is 1.38 bits per heavy atom. The van der Waals surface area contributed by atoms with E-state index in [-0.39, 0.29) is 17.3 Å². The molecule has 0 aliphatic carbocycles. The summed E-state index contributed by atoms with van der Waals surface area (Å²) in [5, 5.41) is 3.67. The van der Waals surface area contributed by atoms with Gasteiger partial charge in [-0.15, -0.1) is 12.4 Å². The first-order chi connectivity index (χ1) is 9.45. The van der Waals surface area contributed by atoms with Crippen molar-refractivity contribution in [1.82, 2.24) is 9.62 Å². The number of nitrogens with one attached hydrogen (secondary N) is 1. The Labute approximate surface area is 145 Å². The standard InChI is InChI=1S/C13H18BrClN2O2S.ClH/c1-16-9-10-4-6-17(7-5-10)20(18,19)13-3-2-11(15)8-12(13)14;/h2-3,8,10,16H,4-7,9H2,1H3;1H. The van der Waals surface area contributed by atoms with E-state index in [1.54, 1.807) is 22.5 Å². The first-order valence-corrected chi connectivity index (χ1v) is 9.16. The van der Waals surface area contributed by atoms with Crippen LogP contribution in [0.25, 0.3) is 0 Å². The molecule has 0 amide bonds. The van der Waals surface area contributed by atoms with Gasteiger partial charge < -0.3 is 5.32 Å². The number of hydrogen-bond donors (Lipinski definition) is 1. The van der Waals surface area contributed by atoms with Gasteiger partial charge in [-0.1, -0.05) is 11.6 Å². The maximum atomic E-state index is 12.6. The molecule has 1 aromatic carbocycles. The number of hydrogen-bond acceptors (Lipinski definition) is 3. The lowest BCUT2D eigenvalue weighted by Gasteiger charge is -2.31. The van der Waals surface area contributed by atoms with Crippen LogP contribution in [0.2, 0.25) is 5.02 Å². The van der Waals surface area contributed by atoms with Gasteiger partial charge >= 0.3 is 0 Å². The molecule has 2 rings (SSSR count). The molecule has 1 N–H and O–H groups in total. The summed E-state index contributed by atoms with van der Waals surface area (Å²) in [6.45, 7) is 2.09. The molecule has 21 heavy (non-hydrogen) atoms. The summed E-state index contributed by atoms with van der Waals surface area (Å²) in [7, 11) is -1.52. The number of nitrogens with zero attached hydrogens (tertiary/aromatic N) is 1. The summed E-state index contributed by atoms with van der Waals surface area (Å²) >= 11 is 9.15. The van der Waals surface area contributed by atoms with Crippen LogP contribution >= 0.6 is 39.9 Å². The molecule has 0 bridgehead atoms. The Kier molecular flexibility index (Phi) is 7.43. The molecule has 8 heteroatoms. The van der Waals surface area contributed by atoms with Crippen LogP contribution in [-0.2, 0) is 10.0 Å². The monoisotopic (exact) mass is 416 g/mol. The number of sulfonamides is 1. The molecule has 1 saturated heterocycles. The highest BCUT2D eigenvalue weighted by Crippen LogP contribution is 2.30. The fourth-order valence-electron chi connectivity index (χ4n) is 2.47. The molecule has 4 nitrogen and oxygen atoms in total. The second kappa shape index (κ2) is 8.13. The average Bonchev–Trinajstić information content (AvgIpc) is 2.39. The van der Waals surface area contributed by atoms with Crippen molar-refractivity contribution in [2.75, 3.05) is 26.7 Å². The minimum atomic E-state index is -3.44. The Morgan fingerprint density at radius 2 is 2.00 bits per heavy atom. The third kappa shape index (κ3) is 4.56. The predicted molar refractivity (Wildman–Crippen MR) is 91.8 cm³/mol. The van der Waals surface area contributed by atoms with Crippen molar-refractivity contribution in [3.8, 4) is 0 Å². The van der Waals surface area contributed by atoms with Crippen LogP contribution in [0.3, 0.4) is 0 Å². The quantitative estimate of drug-likeness (QED) is 0.818. The second-order valence-corrected chi connectivity index (χ2v) is 8.18. The van der Waals surface area contributed by atoms with Crippen LogP contribution in [0.15, 0.2) is 27.6 Å². The highest BCUT2D eigenvalue weighted by molar-refractivity contribution is 9.10. The molecule has 1 aliphatic rings. The van der Waals surface area contributed by atoms with Gasteiger partial charge in [0.05, 0.1) is 4.90 Å². The Morgan fingerprint density at radius 3 is 2.52 bits per heavy atom. The maximum Gasteiger partial charge on any atom is 0.244 e. The van der Waals surface area contributed by atoms with Gasteiger partial charge in [0, 0.05) is 22.6 Å². The van der Waals surface area contributed by atoms with E-state index in [4.69, 9.17) is 11.6 Å². The summed E-state index contributed by atoms with van der Waals surface area (Å²) in [6, 6.07) is 4.77. The highest BCUT2D eigenvalue weighted by Gasteiger charge is 2.30. The molecule has 120 valence electrons. The van der Waals surface area contributed by atoms with Gasteiger partial charge in [0.1, 0.15) is 0 Å². The third-order valence-electron chi connectivity index (χ3n) is 3.58. The lowest BCUT2D eigenvalue weighted by molar-refractivity contribution is 0.270. The summed E-state index contributed by atoms with van der Waals surface area (Å²) in [6.07, 6.45) is 1.79. The van der Waals surface area contributed by atoms with Gasteiger partial charge in [0.2, 0.25) is 10.0 Å². The van der Waals surface area contributed by atoms with Crippen LogP contribution < -0.4 is 5.32 Å². The predicted octanol–water partition coefficient (Wildman–Crippen LogP) is 3.14. The minimum absolute atomic E-state index is 0. The normalized spacial score (nSPS) is 17.5. The summed E-state index contributed by atoms with van der Waals surface area (Å²) in [4.78, 5) is 0.286. The van der Waals surface area contributed by atoms with Crippen LogP contribution in [0.4, 0.5) is 0 Å². The van der Waals surface area contributed by atoms with Crippen LogP contribution in [0.5, 0.6) is 0 Å². The van der Waals surface area contributed by atoms with Crippen LogP contribution in [0, 0.1) is 5.92 Å². The molecular weight excluding hydrogens is 399 g/mol. The Bertz CT molecular complexity index is 576. The van der Waals surface area contributed by atoms with Crippen LogP contribution in [-0.4, -0.2) is 39.4 Å². The largest absolute Gasteiger partial charge is 0.319 e. The van der Waals surface area contributed by atoms with Crippen LogP contribution in [0.1, 0.15) is 12.8 Å². The molecule has 0 spiro atoms. The second-order valence-electron chi connectivity index (χ2n) is 4.98. The van der Waals surface area contributed by atoms with Crippen molar-refractivity contribution >= 4 is 50.0 Å². The lowest BCUT2D eigenvalue weighted by Crippen LogP contribution is -2.40. The molecule has 0 aromatic heterocycles. The van der Waals surface area contributed by atoms with E-state index in [1.807, 2.05) is 7.05 Å². The number of halogens is 3. The Balaban J connectivity index is 0.00000220. The lowest BCUT2D eigenvalue weighted by atomic mass is 9.98. The van der Waals surface area contributed by atoms with E-state index >= 15 is 0 Å². The van der Waals surface area contributed by atoms with Gasteiger partial charge in [-0.2, -0.15) is 4.31 Å². The zero-order valence-electron chi connectivity index (χ0n) is 11.7. The summed E-state index contributed by atoms with van der Waals surface area (Å²) in [5.41, 5.74) is 0. The zero-order valence-corrected chi connectivity index (χ0v) is 15.7. The van der Waals surface area contributed by atoms with Crippen molar-refractivity contribution in [2.45, 2.75) is 17.7 Å². The third-order valence-corrected chi connectivity index (χ3v) is 6.69. The SMILES string of the molecule is CNCC1CCN(S(=O)(=O)c2ccc(Cl)cc2Br)CC1.Cl. The van der Waals surface area contributed by atoms with E-state index in [0.29, 0.717) is 28.5 Å². The summed E-state index contributed by atoms with van der Waals surface area (Å²) < 4.78 is 27.3. The Hall–Kier alpha value is 0.150. The summed E-state index contributed by atoms with van der Waals surface area (Å²) in [5.74, 6) is 0.556. The maximum absolute atomic E-state index is 12.6. The van der Waals surface area contributed by atoms with Gasteiger partial charge in [0.25, 0.3) is 0 Å². The molecule has 1 fully saturated rings. The first kappa shape index (κ1) is 19.2. The van der Waals surface area contributed by atoms with E-state index in [2.05, 4.69) is 21.2 Å². The van der Waals surface area contributed by atoms with Crippen molar-refractivity contribution in [3.63, 3.8) is 0 Å². The molecule has 0 radical (unpaired) electrons. The van der Waals surface area contributed by atoms with E-state index in [1.165, 1.54) is 0 Å². The minimum Gasteiger partial charge on any atom is -0.319 e. The van der Waals surface area contributed by atoms with E-state index < -0.39 is 10.0 Å². The first-order valence-electron chi connectivity index (χ1n) is 6.55. The number of benzene rings is 1. The van der Waals surface area contributed by atoms with Crippen molar-refractivity contribution in [2.24, 2.45) is 5.92 Å². The molecular formula is C13H19BrCl2N2O2S. The van der Waals surface area contributed by atoms with Gasteiger partial charge in [0.15, 0.2) is 0 Å². The smallest absolute Gasteiger partial charge is 0.244 e. The zero-order chi connectivity index (χ0) is 14.8. The number of piperidine rings is 1. The van der Waals surface area contributed by atoms with E-state index in [0.717, 1.165) is 19.4 Å². The highest BCUT2D eigenvalue weighted by atomic mass is 79.9. The van der Waals surface area contributed by atoms with Gasteiger partial charge in [-0.05, 0) is 66.5 Å². The van der Waals surface area contributed by atoms with Gasteiger partial charge in [-0.25, -0.2) is 8.42 Å². The molecule has 1 aromatic rings. The van der Waals surface area contributed by atoms with Crippen molar-refractivity contribution in [1.29, 1.82) is 0 Å². The van der Waals surface area contributed by atoms with Crippen molar-refractivity contribution < 1.29 is 8.42 Å². The molecule has 1 aliphatic heterocycles. The number of rotatable bonds is 4. The molecule has 0 unspecified atom stereocenters.